The van der Waals surface area contributed by atoms with Gasteiger partial charge in [-0.3, -0.25) is 4.79 Å². The minimum absolute atomic E-state index is 0.00579. The number of halogens is 1. The molecule has 3 aromatic carbocycles. The smallest absolute Gasteiger partial charge is 0.193 e. The summed E-state index contributed by atoms with van der Waals surface area (Å²) in [7, 11) is 3.27. The van der Waals surface area contributed by atoms with Gasteiger partial charge >= 0.3 is 0 Å². The van der Waals surface area contributed by atoms with Crippen molar-refractivity contribution in [3.63, 3.8) is 0 Å². The molecule has 0 aromatic heterocycles. The zero-order valence-electron chi connectivity index (χ0n) is 16.4. The van der Waals surface area contributed by atoms with Gasteiger partial charge in [0.25, 0.3) is 0 Å². The summed E-state index contributed by atoms with van der Waals surface area (Å²) in [5.74, 6) is 1.51. The van der Waals surface area contributed by atoms with Crippen molar-refractivity contribution in [1.29, 1.82) is 0 Å². The Morgan fingerprint density at radius 3 is 2.28 bits per heavy atom. The zero-order chi connectivity index (χ0) is 20.4. The first-order valence-electron chi connectivity index (χ1n) is 9.46. The van der Waals surface area contributed by atoms with E-state index in [1.807, 2.05) is 66.7 Å². The number of carbonyl (C=O) groups excluding carboxylic acids is 1. The highest BCUT2D eigenvalue weighted by molar-refractivity contribution is 6.35. The third kappa shape index (κ3) is 3.79. The van der Waals surface area contributed by atoms with Crippen LogP contribution in [0, 0.1) is 0 Å². The van der Waals surface area contributed by atoms with Gasteiger partial charge in [-0.15, -0.1) is 0 Å². The van der Waals surface area contributed by atoms with Gasteiger partial charge in [-0.2, -0.15) is 0 Å². The van der Waals surface area contributed by atoms with Crippen LogP contribution in [-0.4, -0.2) is 20.0 Å². The maximum atomic E-state index is 13.6. The molecule has 0 fully saturated rings. The lowest BCUT2D eigenvalue weighted by Gasteiger charge is -2.24. The highest BCUT2D eigenvalue weighted by Crippen LogP contribution is 2.40. The quantitative estimate of drug-likeness (QED) is 0.482. The summed E-state index contributed by atoms with van der Waals surface area (Å²) in [6.45, 7) is 0. The van der Waals surface area contributed by atoms with E-state index in [9.17, 15) is 4.79 Å². The van der Waals surface area contributed by atoms with Crippen molar-refractivity contribution in [2.45, 2.75) is 12.8 Å². The molecule has 4 heteroatoms. The third-order valence-corrected chi connectivity index (χ3v) is 5.52. The molecule has 3 nitrogen and oxygen atoms in total. The third-order valence-electron chi connectivity index (χ3n) is 5.28. The summed E-state index contributed by atoms with van der Waals surface area (Å²) in [5.41, 5.74) is 5.42. The Hall–Kier alpha value is -3.04. The Balaban J connectivity index is 1.90. The topological polar surface area (TPSA) is 35.5 Å². The molecule has 146 valence electrons. The van der Waals surface area contributed by atoms with E-state index in [1.165, 1.54) is 0 Å². The fraction of sp³-hybridized carbons (Fsp3) is 0.160. The van der Waals surface area contributed by atoms with Crippen LogP contribution in [0.5, 0.6) is 11.5 Å². The Labute approximate surface area is 175 Å². The van der Waals surface area contributed by atoms with Crippen molar-refractivity contribution in [3.8, 4) is 11.5 Å². The number of fused-ring (bicyclic) bond motifs is 1. The van der Waals surface area contributed by atoms with Crippen molar-refractivity contribution in [1.82, 2.24) is 0 Å². The van der Waals surface area contributed by atoms with Crippen LogP contribution in [0.1, 0.15) is 33.5 Å². The fourth-order valence-electron chi connectivity index (χ4n) is 3.81. The molecule has 0 radical (unpaired) electrons. The molecule has 0 atom stereocenters. The fourth-order valence-corrected chi connectivity index (χ4v) is 4.00. The molecule has 0 N–H and O–H groups in total. The number of methoxy groups -OCH3 is 2. The average Bonchev–Trinajstić information content (AvgIpc) is 2.77. The van der Waals surface area contributed by atoms with Crippen LogP contribution in [0.25, 0.3) is 11.1 Å². The van der Waals surface area contributed by atoms with Crippen molar-refractivity contribution in [2.24, 2.45) is 0 Å². The van der Waals surface area contributed by atoms with Crippen molar-refractivity contribution >= 4 is 28.5 Å². The van der Waals surface area contributed by atoms with E-state index in [1.54, 1.807) is 14.2 Å². The van der Waals surface area contributed by atoms with Crippen molar-refractivity contribution < 1.29 is 14.3 Å². The van der Waals surface area contributed by atoms with Gasteiger partial charge in [-0.05, 0) is 83.6 Å². The molecular formula is C25H21ClO3. The molecule has 3 aromatic rings. The second-order valence-electron chi connectivity index (χ2n) is 6.94. The molecule has 1 aliphatic carbocycles. The standard InChI is InChI=1S/C25H21ClO3/c1-28-20-9-6-16(7-10-20)25(27)24-22(17-4-3-5-19(26)14-17)12-8-18-15-21(29-2)11-13-23(18)24/h3-7,9-11,13-15H,8,12H2,1-2H3. The van der Waals surface area contributed by atoms with E-state index in [4.69, 9.17) is 21.1 Å². The summed E-state index contributed by atoms with van der Waals surface area (Å²) < 4.78 is 10.6. The maximum Gasteiger partial charge on any atom is 0.193 e. The van der Waals surface area contributed by atoms with Crippen LogP contribution in [0.15, 0.2) is 66.7 Å². The first-order valence-corrected chi connectivity index (χ1v) is 9.83. The van der Waals surface area contributed by atoms with E-state index >= 15 is 0 Å². The van der Waals surface area contributed by atoms with Gasteiger partial charge in [-0.25, -0.2) is 0 Å². The number of aryl methyl sites for hydroxylation is 1. The lowest BCUT2D eigenvalue weighted by Crippen LogP contribution is -2.13. The number of allylic oxidation sites excluding steroid dienone is 2. The van der Waals surface area contributed by atoms with Gasteiger partial charge < -0.3 is 9.47 Å². The SMILES string of the molecule is COc1ccc(C(=O)C2=C(c3cccc(Cl)c3)CCc3cc(OC)ccc32)cc1. The van der Waals surface area contributed by atoms with Gasteiger partial charge in [0.15, 0.2) is 5.78 Å². The first kappa shape index (κ1) is 19.3. The number of Topliss-reactive ketones (excluding diaryl/α,β-unsaturated/α-hetero) is 1. The lowest BCUT2D eigenvalue weighted by atomic mass is 9.79. The van der Waals surface area contributed by atoms with E-state index in [2.05, 4.69) is 0 Å². The number of hydrogen-bond acceptors (Lipinski definition) is 3. The summed E-state index contributed by atoms with van der Waals surface area (Å²) in [4.78, 5) is 13.6. The van der Waals surface area contributed by atoms with Crippen LogP contribution in [0.3, 0.4) is 0 Å². The van der Waals surface area contributed by atoms with Crippen LogP contribution < -0.4 is 9.47 Å². The molecule has 0 amide bonds. The molecule has 0 spiro atoms. The van der Waals surface area contributed by atoms with E-state index in [-0.39, 0.29) is 5.78 Å². The van der Waals surface area contributed by atoms with Crippen LogP contribution in [0.4, 0.5) is 0 Å². The average molecular weight is 405 g/mol. The second kappa shape index (κ2) is 8.14. The minimum atomic E-state index is -0.00579. The Bertz CT molecular complexity index is 1100. The summed E-state index contributed by atoms with van der Waals surface area (Å²) in [5, 5.41) is 0.659. The minimum Gasteiger partial charge on any atom is -0.497 e. The summed E-state index contributed by atoms with van der Waals surface area (Å²) in [6, 6.07) is 20.8. The molecule has 4 rings (SSSR count). The molecule has 29 heavy (non-hydrogen) atoms. The Morgan fingerprint density at radius 1 is 0.862 bits per heavy atom. The predicted octanol–water partition coefficient (Wildman–Crippen LogP) is 6.10. The number of ether oxygens (including phenoxy) is 2. The normalized spacial score (nSPS) is 13.1. The number of benzene rings is 3. The molecule has 0 saturated heterocycles. The van der Waals surface area contributed by atoms with Crippen molar-refractivity contribution in [3.05, 3.63) is 94.0 Å². The monoisotopic (exact) mass is 404 g/mol. The lowest BCUT2D eigenvalue weighted by molar-refractivity contribution is 0.105. The van der Waals surface area contributed by atoms with E-state index in [0.717, 1.165) is 52.2 Å². The highest BCUT2D eigenvalue weighted by atomic mass is 35.5. The van der Waals surface area contributed by atoms with Gasteiger partial charge in [0.05, 0.1) is 14.2 Å². The van der Waals surface area contributed by atoms with Crippen LogP contribution in [0.2, 0.25) is 5.02 Å². The first-order chi connectivity index (χ1) is 14.1. The van der Waals surface area contributed by atoms with E-state index in [0.29, 0.717) is 10.6 Å². The van der Waals surface area contributed by atoms with Crippen molar-refractivity contribution in [2.75, 3.05) is 14.2 Å². The molecule has 0 saturated carbocycles. The van der Waals surface area contributed by atoms with E-state index < -0.39 is 0 Å². The summed E-state index contributed by atoms with van der Waals surface area (Å²) >= 11 is 6.24. The molecule has 0 heterocycles. The molecular weight excluding hydrogens is 384 g/mol. The number of ketones is 1. The predicted molar refractivity (Wildman–Crippen MR) is 117 cm³/mol. The molecule has 0 bridgehead atoms. The number of rotatable bonds is 5. The van der Waals surface area contributed by atoms with Crippen LogP contribution >= 0.6 is 11.6 Å². The Morgan fingerprint density at radius 2 is 1.59 bits per heavy atom. The molecule has 0 aliphatic heterocycles. The van der Waals surface area contributed by atoms with Gasteiger partial charge in [-0.1, -0.05) is 29.8 Å². The number of hydrogen-bond donors (Lipinski definition) is 0. The molecule has 0 unspecified atom stereocenters. The van der Waals surface area contributed by atoms with Gasteiger partial charge in [0.2, 0.25) is 0 Å². The Kier molecular flexibility index (Phi) is 5.41. The largest absolute Gasteiger partial charge is 0.497 e. The molecule has 1 aliphatic rings. The maximum absolute atomic E-state index is 13.6. The highest BCUT2D eigenvalue weighted by Gasteiger charge is 2.26. The summed E-state index contributed by atoms with van der Waals surface area (Å²) in [6.07, 6.45) is 1.60. The van der Waals surface area contributed by atoms with Gasteiger partial charge in [0, 0.05) is 16.2 Å². The second-order valence-corrected chi connectivity index (χ2v) is 7.38. The van der Waals surface area contributed by atoms with Crippen LogP contribution in [-0.2, 0) is 6.42 Å². The van der Waals surface area contributed by atoms with Gasteiger partial charge in [0.1, 0.15) is 11.5 Å². The number of carbonyl (C=O) groups is 1. The zero-order valence-corrected chi connectivity index (χ0v) is 17.1.